The lowest BCUT2D eigenvalue weighted by atomic mass is 10.0. The van der Waals surface area contributed by atoms with E-state index < -0.39 is 6.04 Å². The van der Waals surface area contributed by atoms with E-state index in [0.717, 1.165) is 31.6 Å². The molecule has 1 aliphatic heterocycles. The number of fused-ring (bicyclic) bond motifs is 1. The molecule has 1 aromatic carbocycles. The first-order valence-corrected chi connectivity index (χ1v) is 11.4. The summed E-state index contributed by atoms with van der Waals surface area (Å²) < 4.78 is 5.92. The summed E-state index contributed by atoms with van der Waals surface area (Å²) in [6.07, 6.45) is 3.75. The van der Waals surface area contributed by atoms with Gasteiger partial charge in [0.2, 0.25) is 5.91 Å². The van der Waals surface area contributed by atoms with E-state index >= 15 is 0 Å². The lowest BCUT2D eigenvalue weighted by molar-refractivity contribution is -0.118. The maximum absolute atomic E-state index is 13.1. The molecule has 1 atom stereocenters. The Morgan fingerprint density at radius 3 is 2.68 bits per heavy atom. The number of anilines is 1. The predicted octanol–water partition coefficient (Wildman–Crippen LogP) is 4.00. The normalized spacial score (nSPS) is 15.0. The maximum atomic E-state index is 13.1. The third kappa shape index (κ3) is 5.55. The van der Waals surface area contributed by atoms with Crippen molar-refractivity contribution in [1.82, 2.24) is 10.2 Å². The summed E-state index contributed by atoms with van der Waals surface area (Å²) in [7, 11) is 2.12. The summed E-state index contributed by atoms with van der Waals surface area (Å²) in [4.78, 5) is 28.5. The van der Waals surface area contributed by atoms with Crippen LogP contribution >= 0.6 is 22.9 Å². The molecule has 2 N–H and O–H groups in total. The van der Waals surface area contributed by atoms with Crippen molar-refractivity contribution in [3.63, 3.8) is 0 Å². The van der Waals surface area contributed by atoms with E-state index in [1.165, 1.54) is 22.5 Å². The molecule has 0 aliphatic carbocycles. The highest BCUT2D eigenvalue weighted by atomic mass is 35.5. The van der Waals surface area contributed by atoms with Crippen LogP contribution in [0.3, 0.4) is 0 Å². The van der Waals surface area contributed by atoms with Crippen molar-refractivity contribution in [3.8, 4) is 0 Å². The van der Waals surface area contributed by atoms with Gasteiger partial charge in [-0.05, 0) is 67.4 Å². The van der Waals surface area contributed by atoms with Gasteiger partial charge in [-0.3, -0.25) is 9.59 Å². The van der Waals surface area contributed by atoms with Crippen LogP contribution in [0, 0.1) is 0 Å². The van der Waals surface area contributed by atoms with E-state index in [0.29, 0.717) is 15.0 Å². The van der Waals surface area contributed by atoms with Crippen molar-refractivity contribution in [2.75, 3.05) is 25.5 Å². The number of carbonyl (C=O) groups is 2. The number of nitrogens with zero attached hydrogens (tertiary/aromatic N) is 1. The first-order valence-electron chi connectivity index (χ1n) is 10.2. The van der Waals surface area contributed by atoms with E-state index in [-0.39, 0.29) is 18.2 Å². The molecular formula is C23H24ClN3O3S. The lowest BCUT2D eigenvalue weighted by Gasteiger charge is -2.18. The summed E-state index contributed by atoms with van der Waals surface area (Å²) in [5.74, 6) is -0.0127. The van der Waals surface area contributed by atoms with Crippen molar-refractivity contribution in [1.29, 1.82) is 0 Å². The van der Waals surface area contributed by atoms with E-state index in [1.807, 2.05) is 12.1 Å². The van der Waals surface area contributed by atoms with Gasteiger partial charge in [0.25, 0.3) is 5.91 Å². The Labute approximate surface area is 190 Å². The molecule has 1 aliphatic rings. The molecule has 2 aromatic heterocycles. The van der Waals surface area contributed by atoms with Crippen LogP contribution in [-0.4, -0.2) is 42.9 Å². The van der Waals surface area contributed by atoms with Crippen molar-refractivity contribution >= 4 is 40.4 Å². The maximum Gasteiger partial charge on any atom is 0.262 e. The number of rotatable bonds is 6. The summed E-state index contributed by atoms with van der Waals surface area (Å²) in [6, 6.07) is 12.1. The molecular weight excluding hydrogens is 434 g/mol. The zero-order valence-electron chi connectivity index (χ0n) is 17.2. The first-order chi connectivity index (χ1) is 15.0. The molecule has 4 rings (SSSR count). The Morgan fingerprint density at radius 1 is 1.16 bits per heavy atom. The van der Waals surface area contributed by atoms with Gasteiger partial charge < -0.3 is 20.0 Å². The summed E-state index contributed by atoms with van der Waals surface area (Å²) in [5, 5.41) is 5.78. The number of benzene rings is 1. The molecule has 3 aromatic rings. The van der Waals surface area contributed by atoms with Crippen molar-refractivity contribution in [3.05, 3.63) is 74.8 Å². The summed E-state index contributed by atoms with van der Waals surface area (Å²) >= 11 is 7.12. The van der Waals surface area contributed by atoms with Crippen molar-refractivity contribution in [2.45, 2.75) is 25.3 Å². The fourth-order valence-electron chi connectivity index (χ4n) is 3.65. The Balaban J connectivity index is 1.49. The molecule has 162 valence electrons. The van der Waals surface area contributed by atoms with Crippen LogP contribution in [0.5, 0.6) is 0 Å². The zero-order chi connectivity index (χ0) is 21.8. The number of nitrogens with one attached hydrogen (secondary N) is 2. The number of halogens is 1. The lowest BCUT2D eigenvalue weighted by Crippen LogP contribution is -2.45. The molecule has 8 heteroatoms. The molecule has 0 bridgehead atoms. The Hall–Kier alpha value is -2.61. The van der Waals surface area contributed by atoms with Gasteiger partial charge in [0.05, 0.1) is 15.5 Å². The van der Waals surface area contributed by atoms with Gasteiger partial charge in [-0.1, -0.05) is 17.7 Å². The molecule has 0 saturated carbocycles. The van der Waals surface area contributed by atoms with Crippen molar-refractivity contribution < 1.29 is 14.0 Å². The number of amides is 2. The van der Waals surface area contributed by atoms with Crippen LogP contribution in [-0.2, 0) is 24.1 Å². The Morgan fingerprint density at radius 2 is 1.97 bits per heavy atom. The highest BCUT2D eigenvalue weighted by molar-refractivity contribution is 7.18. The topological polar surface area (TPSA) is 74.6 Å². The summed E-state index contributed by atoms with van der Waals surface area (Å²) in [5.41, 5.74) is 3.30. The Bertz CT molecular complexity index is 1060. The van der Waals surface area contributed by atoms with Crippen molar-refractivity contribution in [2.24, 2.45) is 0 Å². The fraction of sp³-hybridized carbons (Fsp3) is 0.304. The predicted molar refractivity (Wildman–Crippen MR) is 123 cm³/mol. The van der Waals surface area contributed by atoms with Gasteiger partial charge in [-0.2, -0.15) is 0 Å². The van der Waals surface area contributed by atoms with E-state index in [1.54, 1.807) is 30.5 Å². The minimum atomic E-state index is -0.788. The second-order valence-electron chi connectivity index (χ2n) is 7.69. The van der Waals surface area contributed by atoms with Gasteiger partial charge >= 0.3 is 0 Å². The number of likely N-dealkylation sites (N-methyl/N-ethyl adjacent to an activating group) is 1. The van der Waals surface area contributed by atoms with Gasteiger partial charge in [0.15, 0.2) is 0 Å². The fourth-order valence-corrected chi connectivity index (χ4v) is 4.60. The monoisotopic (exact) mass is 457 g/mol. The number of thiophene rings is 1. The third-order valence-corrected chi connectivity index (χ3v) is 6.63. The van der Waals surface area contributed by atoms with Crippen LogP contribution in [0.2, 0.25) is 4.34 Å². The smallest absolute Gasteiger partial charge is 0.262 e. The van der Waals surface area contributed by atoms with Gasteiger partial charge in [0.1, 0.15) is 11.8 Å². The standard InChI is InChI=1S/C23H24ClN3O3S/c1-27-10-8-15-4-5-17(13-16(15)9-11-27)25-22(28)19(14-18-3-2-12-30-18)26-23(29)20-6-7-21(24)31-20/h2-7,12-13,19H,8-11,14H2,1H3,(H,25,28)(H,26,29). The number of hydrogen-bond acceptors (Lipinski definition) is 5. The number of hydrogen-bond donors (Lipinski definition) is 2. The van der Waals surface area contributed by atoms with Crippen LogP contribution in [0.15, 0.2) is 53.1 Å². The number of furan rings is 1. The van der Waals surface area contributed by atoms with E-state index in [9.17, 15) is 9.59 Å². The van der Waals surface area contributed by atoms with Crippen LogP contribution in [0.1, 0.15) is 26.6 Å². The minimum Gasteiger partial charge on any atom is -0.469 e. The second-order valence-corrected chi connectivity index (χ2v) is 9.40. The first kappa shape index (κ1) is 21.6. The van der Waals surface area contributed by atoms with Crippen LogP contribution in [0.25, 0.3) is 0 Å². The second kappa shape index (κ2) is 9.68. The molecule has 31 heavy (non-hydrogen) atoms. The van der Waals surface area contributed by atoms with Crippen LogP contribution in [0.4, 0.5) is 5.69 Å². The van der Waals surface area contributed by atoms with Gasteiger partial charge in [-0.25, -0.2) is 0 Å². The molecule has 2 amide bonds. The molecule has 3 heterocycles. The quantitative estimate of drug-likeness (QED) is 0.586. The average molecular weight is 458 g/mol. The van der Waals surface area contributed by atoms with E-state index in [2.05, 4.69) is 28.6 Å². The molecule has 0 spiro atoms. The minimum absolute atomic E-state index is 0.249. The SMILES string of the molecule is CN1CCc2ccc(NC(=O)C(Cc3ccco3)NC(=O)c3ccc(Cl)s3)cc2CC1. The average Bonchev–Trinajstić information content (AvgIpc) is 3.38. The Kier molecular flexibility index (Phi) is 6.75. The summed E-state index contributed by atoms with van der Waals surface area (Å²) in [6.45, 7) is 2.02. The third-order valence-electron chi connectivity index (χ3n) is 5.40. The van der Waals surface area contributed by atoms with Crippen LogP contribution < -0.4 is 10.6 Å². The largest absolute Gasteiger partial charge is 0.469 e. The van der Waals surface area contributed by atoms with Gasteiger partial charge in [0, 0.05) is 25.2 Å². The zero-order valence-corrected chi connectivity index (χ0v) is 18.8. The highest BCUT2D eigenvalue weighted by Gasteiger charge is 2.24. The molecule has 1 unspecified atom stereocenters. The molecule has 0 radical (unpaired) electrons. The molecule has 6 nitrogen and oxygen atoms in total. The van der Waals surface area contributed by atoms with E-state index in [4.69, 9.17) is 16.0 Å². The highest BCUT2D eigenvalue weighted by Crippen LogP contribution is 2.22. The number of carbonyl (C=O) groups excluding carboxylic acids is 2. The molecule has 0 saturated heterocycles. The van der Waals surface area contributed by atoms with Gasteiger partial charge in [-0.15, -0.1) is 11.3 Å². The molecule has 0 fully saturated rings.